The van der Waals surface area contributed by atoms with Gasteiger partial charge in [0, 0.05) is 0 Å². The van der Waals surface area contributed by atoms with Gasteiger partial charge in [-0.05, 0) is 0 Å². The molecule has 128 valence electrons. The number of aromatic nitrogens is 4. The van der Waals surface area contributed by atoms with E-state index in [1.54, 1.807) is 4.57 Å². The van der Waals surface area contributed by atoms with Gasteiger partial charge in [-0.15, -0.1) is 0 Å². The molecule has 0 fully saturated rings. The average Bonchev–Trinajstić information content (AvgIpc) is 2.89. The van der Waals surface area contributed by atoms with Gasteiger partial charge < -0.3 is 35.0 Å². The number of hydrogen-bond donors (Lipinski definition) is 5. The Bertz CT molecular complexity index is 703. The number of aliphatic hydroxyl groups excluding tert-OH is 2. The van der Waals surface area contributed by atoms with Gasteiger partial charge in [0.05, 0.1) is 44.5 Å². The highest BCUT2D eigenvalue weighted by atomic mass is 31.2. The highest BCUT2D eigenvalue weighted by molar-refractivity contribution is 7.51. The van der Waals surface area contributed by atoms with E-state index in [-0.39, 0.29) is 12.4 Å². The van der Waals surface area contributed by atoms with E-state index in [1.807, 2.05) is 0 Å². The summed E-state index contributed by atoms with van der Waals surface area (Å²) in [6.45, 7) is -0.888. The summed E-state index contributed by atoms with van der Waals surface area (Å²) in [4.78, 5) is 29.8. The lowest BCUT2D eigenvalue weighted by atomic mass is 10.3. The fourth-order valence-electron chi connectivity index (χ4n) is 2.08. The van der Waals surface area contributed by atoms with Crippen LogP contribution in [-0.2, 0) is 15.8 Å². The topological polar surface area (TPSA) is 177 Å². The van der Waals surface area contributed by atoms with Crippen molar-refractivity contribution in [2.75, 3.05) is 25.1 Å². The van der Waals surface area contributed by atoms with Gasteiger partial charge >= 0.3 is 7.60 Å². The summed E-state index contributed by atoms with van der Waals surface area (Å²) < 4.78 is 17.9. The van der Waals surface area contributed by atoms with Gasteiger partial charge in [0.2, 0.25) is 0 Å². The van der Waals surface area contributed by atoms with Crippen LogP contribution in [-0.4, -0.2) is 71.1 Å². The fraction of sp³-hybridized carbons (Fsp3) is 0.545. The number of hydrogen-bond acceptors (Lipinski definition) is 8. The predicted octanol–water partition coefficient (Wildman–Crippen LogP) is -1.68. The Labute approximate surface area is 130 Å². The Morgan fingerprint density at radius 3 is 2.52 bits per heavy atom. The molecule has 23 heavy (non-hydrogen) atoms. The van der Waals surface area contributed by atoms with Gasteiger partial charge in [-0.3, -0.25) is 4.57 Å². The van der Waals surface area contributed by atoms with Crippen LogP contribution in [0.2, 0.25) is 0 Å². The van der Waals surface area contributed by atoms with E-state index in [0.717, 1.165) is 0 Å². The minimum absolute atomic E-state index is 0.112. The van der Waals surface area contributed by atoms with Crippen molar-refractivity contribution in [2.24, 2.45) is 0 Å². The molecule has 12 heteroatoms. The molecule has 0 saturated heterocycles. The van der Waals surface area contributed by atoms with E-state index in [1.165, 1.54) is 12.7 Å². The van der Waals surface area contributed by atoms with Gasteiger partial charge in [-0.25, -0.2) is 15.0 Å². The van der Waals surface area contributed by atoms with Gasteiger partial charge in [0.15, 0.2) is 11.5 Å². The molecule has 2 rings (SSSR count). The van der Waals surface area contributed by atoms with E-state index in [9.17, 15) is 9.67 Å². The van der Waals surface area contributed by atoms with Crippen molar-refractivity contribution in [3.05, 3.63) is 12.7 Å². The number of fused-ring (bicyclic) bond motifs is 1. The molecule has 0 aliphatic carbocycles. The highest BCUT2D eigenvalue weighted by Crippen LogP contribution is 2.35. The zero-order valence-electron chi connectivity index (χ0n) is 12.1. The molecule has 0 radical (unpaired) electrons. The van der Waals surface area contributed by atoms with Crippen LogP contribution in [0.15, 0.2) is 12.7 Å². The van der Waals surface area contributed by atoms with Gasteiger partial charge in [0.25, 0.3) is 0 Å². The van der Waals surface area contributed by atoms with E-state index in [0.29, 0.717) is 11.2 Å². The largest absolute Gasteiger partial charge is 0.394 e. The molecule has 2 aromatic heterocycles. The van der Waals surface area contributed by atoms with Crippen molar-refractivity contribution < 1.29 is 29.3 Å². The smallest absolute Gasteiger partial charge is 0.328 e. The maximum Gasteiger partial charge on any atom is 0.328 e. The van der Waals surface area contributed by atoms with Crippen molar-refractivity contribution in [3.8, 4) is 0 Å². The minimum atomic E-state index is -4.34. The monoisotopic (exact) mass is 347 g/mol. The zero-order chi connectivity index (χ0) is 17.0. The number of nitrogens with zero attached hydrogens (tertiary/aromatic N) is 4. The summed E-state index contributed by atoms with van der Waals surface area (Å²) in [5.74, 6) is 0.213. The van der Waals surface area contributed by atoms with Crippen molar-refractivity contribution in [1.82, 2.24) is 19.5 Å². The maximum absolute atomic E-state index is 11.0. The highest BCUT2D eigenvalue weighted by Gasteiger charge is 2.25. The van der Waals surface area contributed by atoms with Crippen LogP contribution < -0.4 is 5.73 Å². The Morgan fingerprint density at radius 1 is 1.22 bits per heavy atom. The molecular weight excluding hydrogens is 329 g/mol. The van der Waals surface area contributed by atoms with Crippen LogP contribution in [0.1, 0.15) is 0 Å². The molecule has 0 amide bonds. The second-order valence-corrected chi connectivity index (χ2v) is 6.62. The quantitative estimate of drug-likeness (QED) is 0.347. The second-order valence-electron chi connectivity index (χ2n) is 4.92. The van der Waals surface area contributed by atoms with Crippen molar-refractivity contribution in [2.45, 2.75) is 18.8 Å². The van der Waals surface area contributed by atoms with Crippen LogP contribution in [0.3, 0.4) is 0 Å². The summed E-state index contributed by atoms with van der Waals surface area (Å²) in [6, 6.07) is 0. The number of ether oxygens (including phenoxy) is 1. The summed E-state index contributed by atoms with van der Waals surface area (Å²) in [7, 11) is -4.34. The van der Waals surface area contributed by atoms with E-state index in [2.05, 4.69) is 15.0 Å². The minimum Gasteiger partial charge on any atom is -0.394 e. The van der Waals surface area contributed by atoms with Crippen LogP contribution in [0, 0.1) is 0 Å². The first-order valence-electron chi connectivity index (χ1n) is 6.67. The number of anilines is 1. The van der Waals surface area contributed by atoms with E-state index < -0.39 is 39.2 Å². The lowest BCUT2D eigenvalue weighted by Gasteiger charge is -2.23. The molecule has 0 aliphatic heterocycles. The fourth-order valence-corrected chi connectivity index (χ4v) is 2.81. The van der Waals surface area contributed by atoms with Gasteiger partial charge in [0.1, 0.15) is 11.8 Å². The van der Waals surface area contributed by atoms with Crippen LogP contribution >= 0.6 is 7.60 Å². The second kappa shape index (κ2) is 7.30. The third kappa shape index (κ3) is 4.67. The molecular formula is C11H18N5O6P. The van der Waals surface area contributed by atoms with Gasteiger partial charge in [-0.2, -0.15) is 0 Å². The molecule has 0 aliphatic rings. The molecule has 0 aromatic carbocycles. The van der Waals surface area contributed by atoms with Crippen LogP contribution in [0.5, 0.6) is 0 Å². The lowest BCUT2D eigenvalue weighted by molar-refractivity contribution is -0.0577. The third-order valence-electron chi connectivity index (χ3n) is 3.06. The predicted molar refractivity (Wildman–Crippen MR) is 79.5 cm³/mol. The summed E-state index contributed by atoms with van der Waals surface area (Å²) >= 11 is 0. The molecule has 0 bridgehead atoms. The normalized spacial score (nSPS) is 15.0. The first-order valence-corrected chi connectivity index (χ1v) is 8.47. The summed E-state index contributed by atoms with van der Waals surface area (Å²) in [5.41, 5.74) is 6.52. The van der Waals surface area contributed by atoms with Crippen LogP contribution in [0.25, 0.3) is 11.2 Å². The average molecular weight is 347 g/mol. The Morgan fingerprint density at radius 2 is 1.91 bits per heavy atom. The lowest BCUT2D eigenvalue weighted by Crippen LogP contribution is -2.33. The number of aliphatic hydroxyl groups is 2. The number of nitrogen functional groups attached to an aromatic ring is 1. The summed E-state index contributed by atoms with van der Waals surface area (Å²) in [5, 5.41) is 18.6. The van der Waals surface area contributed by atoms with Crippen molar-refractivity contribution >= 4 is 24.6 Å². The first-order chi connectivity index (χ1) is 10.8. The Hall–Kier alpha value is -1.62. The molecule has 11 nitrogen and oxygen atoms in total. The number of imidazole rings is 1. The molecule has 0 saturated carbocycles. The van der Waals surface area contributed by atoms with Crippen molar-refractivity contribution in [3.63, 3.8) is 0 Å². The third-order valence-corrected chi connectivity index (χ3v) is 3.95. The number of rotatable bonds is 8. The van der Waals surface area contributed by atoms with E-state index in [4.69, 9.17) is 25.4 Å². The standard InChI is InChI=1S/C11H18N5O6P/c12-10-9-11(14-5-13-10)16(6-15-9)1-7(2-17)22-8(3-18)4-23(19,20)21/h5-8,17-18H,1-4H2,(H2,12,13,14)(H2,19,20,21)/t7-,8-/m0/s1. The SMILES string of the molecule is Nc1ncnc2c1ncn2C[C@@H](CO)O[C@@H](CO)CP(=O)(O)O. The Balaban J connectivity index is 2.12. The molecule has 2 aromatic rings. The molecule has 6 N–H and O–H groups in total. The Kier molecular flexibility index (Phi) is 5.63. The maximum atomic E-state index is 11.0. The molecule has 0 spiro atoms. The first kappa shape index (κ1) is 17.7. The molecule has 0 unspecified atom stereocenters. The van der Waals surface area contributed by atoms with Gasteiger partial charge in [-0.1, -0.05) is 0 Å². The van der Waals surface area contributed by atoms with Crippen molar-refractivity contribution in [1.29, 1.82) is 0 Å². The van der Waals surface area contributed by atoms with E-state index >= 15 is 0 Å². The number of nitrogens with two attached hydrogens (primary N) is 1. The zero-order valence-corrected chi connectivity index (χ0v) is 13.0. The molecule has 2 heterocycles. The summed E-state index contributed by atoms with van der Waals surface area (Å²) in [6.07, 6.45) is 0.169. The molecule has 2 atom stereocenters. The van der Waals surface area contributed by atoms with Crippen LogP contribution in [0.4, 0.5) is 5.82 Å².